The van der Waals surface area contributed by atoms with E-state index in [1.807, 2.05) is 36.7 Å². The zero-order valence-corrected chi connectivity index (χ0v) is 19.9. The van der Waals surface area contributed by atoms with E-state index in [0.717, 1.165) is 17.0 Å². The van der Waals surface area contributed by atoms with Crippen molar-refractivity contribution in [2.45, 2.75) is 73.6 Å². The van der Waals surface area contributed by atoms with Crippen molar-refractivity contribution in [2.24, 2.45) is 5.92 Å². The van der Waals surface area contributed by atoms with Gasteiger partial charge >= 0.3 is 5.97 Å². The maximum absolute atomic E-state index is 12.1. The highest BCUT2D eigenvalue weighted by Crippen LogP contribution is 2.30. The van der Waals surface area contributed by atoms with Crippen molar-refractivity contribution < 1.29 is 14.3 Å². The lowest BCUT2D eigenvalue weighted by Crippen LogP contribution is -2.22. The summed E-state index contributed by atoms with van der Waals surface area (Å²) < 4.78 is 13.4. The van der Waals surface area contributed by atoms with E-state index in [2.05, 4.69) is 38.0 Å². The number of esters is 1. The molecule has 1 unspecified atom stereocenters. The van der Waals surface area contributed by atoms with Gasteiger partial charge in [0.1, 0.15) is 5.69 Å². The van der Waals surface area contributed by atoms with Crippen LogP contribution in [0.3, 0.4) is 0 Å². The van der Waals surface area contributed by atoms with Gasteiger partial charge in [0.25, 0.3) is 0 Å². The fraction of sp³-hybridized carbons (Fsp3) is 0.480. The molecule has 168 valence electrons. The van der Waals surface area contributed by atoms with Crippen molar-refractivity contribution in [1.82, 2.24) is 9.78 Å². The van der Waals surface area contributed by atoms with Crippen LogP contribution in [0.2, 0.25) is 0 Å². The van der Waals surface area contributed by atoms with Crippen LogP contribution in [-0.4, -0.2) is 28.3 Å². The van der Waals surface area contributed by atoms with Gasteiger partial charge in [0.2, 0.25) is 6.29 Å². The zero-order valence-electron chi connectivity index (χ0n) is 19.9. The molecule has 1 N–H and O–H groups in total. The normalized spacial score (nSPS) is 13.6. The second kappa shape index (κ2) is 9.94. The van der Waals surface area contributed by atoms with Gasteiger partial charge in [-0.25, -0.2) is 0 Å². The predicted octanol–water partition coefficient (Wildman–Crippen LogP) is 5.59. The summed E-state index contributed by atoms with van der Waals surface area (Å²) in [6.45, 7) is 16.3. The van der Waals surface area contributed by atoms with Crippen molar-refractivity contribution in [1.29, 1.82) is 5.41 Å². The number of hydrogen-bond acceptors (Lipinski definition) is 5. The number of allylic oxidation sites excluding steroid dienone is 1. The second-order valence-electron chi connectivity index (χ2n) is 8.98. The first-order valence-corrected chi connectivity index (χ1v) is 10.8. The quantitative estimate of drug-likeness (QED) is 0.259. The summed E-state index contributed by atoms with van der Waals surface area (Å²) in [7, 11) is 0. The molecule has 0 fully saturated rings. The molecule has 0 aliphatic rings. The average molecular weight is 426 g/mol. The first-order valence-electron chi connectivity index (χ1n) is 10.8. The fourth-order valence-corrected chi connectivity index (χ4v) is 3.15. The first-order chi connectivity index (χ1) is 14.5. The Hall–Kier alpha value is -2.89. The van der Waals surface area contributed by atoms with Gasteiger partial charge in [-0.2, -0.15) is 5.10 Å². The summed E-state index contributed by atoms with van der Waals surface area (Å²) in [4.78, 5) is 12.1. The molecule has 1 heterocycles. The van der Waals surface area contributed by atoms with Crippen molar-refractivity contribution in [2.75, 3.05) is 0 Å². The van der Waals surface area contributed by atoms with E-state index in [1.54, 1.807) is 20.8 Å². The van der Waals surface area contributed by atoms with Gasteiger partial charge in [-0.15, -0.1) is 0 Å². The van der Waals surface area contributed by atoms with Crippen LogP contribution >= 0.6 is 0 Å². The third-order valence-electron chi connectivity index (χ3n) is 4.92. The van der Waals surface area contributed by atoms with Crippen LogP contribution in [0.1, 0.15) is 71.0 Å². The summed E-state index contributed by atoms with van der Waals surface area (Å²) in [6.07, 6.45) is 0.468. The number of aromatic nitrogens is 2. The number of nitrogens with one attached hydrogen (secondary N) is 1. The maximum atomic E-state index is 12.1. The lowest BCUT2D eigenvalue weighted by Gasteiger charge is -2.22. The van der Waals surface area contributed by atoms with Crippen molar-refractivity contribution in [3.63, 3.8) is 0 Å². The fourth-order valence-electron chi connectivity index (χ4n) is 3.15. The molecule has 0 saturated carbocycles. The van der Waals surface area contributed by atoms with E-state index in [9.17, 15) is 4.79 Å². The lowest BCUT2D eigenvalue weighted by molar-refractivity contribution is -0.167. The molecule has 6 nitrogen and oxygen atoms in total. The molecule has 31 heavy (non-hydrogen) atoms. The number of rotatable bonds is 8. The average Bonchev–Trinajstić information content (AvgIpc) is 3.08. The minimum absolute atomic E-state index is 0.0317. The number of carbonyl (C=O) groups excluding carboxylic acids is 1. The Balaban J connectivity index is 2.58. The van der Waals surface area contributed by atoms with Gasteiger partial charge in [-0.3, -0.25) is 9.48 Å². The number of nitrogens with zero attached hydrogens (tertiary/aromatic N) is 2. The SMILES string of the molecule is CCn1nc(C)cc1/C(OC(C)OC(=O)C(C)C)=C(\C=N)c1ccc(C(C)(C)C)cc1. The number of benzene rings is 1. The molecule has 0 spiro atoms. The first kappa shape index (κ1) is 24.4. The number of hydrogen-bond donors (Lipinski definition) is 1. The van der Waals surface area contributed by atoms with Gasteiger partial charge < -0.3 is 14.9 Å². The minimum atomic E-state index is -0.811. The van der Waals surface area contributed by atoms with Crippen LogP contribution in [0.25, 0.3) is 11.3 Å². The molecule has 0 saturated heterocycles. The van der Waals surface area contributed by atoms with Gasteiger partial charge in [-0.1, -0.05) is 58.9 Å². The van der Waals surface area contributed by atoms with Gasteiger partial charge in [0, 0.05) is 25.3 Å². The van der Waals surface area contributed by atoms with Gasteiger partial charge in [0.05, 0.1) is 11.6 Å². The summed E-state index contributed by atoms with van der Waals surface area (Å²) in [5.74, 6) is -0.128. The standard InChI is InChI=1S/C25H35N3O3/c1-9-28-22(14-17(4)27-28)23(30-18(5)31-24(29)16(2)3)21(15-26)19-10-12-20(13-11-19)25(6,7)8/h10-16,18,26H,9H2,1-8H3/b23-21-,26-15?. The third-order valence-corrected chi connectivity index (χ3v) is 4.92. The number of ether oxygens (including phenoxy) is 2. The Bertz CT molecular complexity index is 947. The van der Waals surface area contributed by atoms with Crippen LogP contribution in [0.5, 0.6) is 0 Å². The van der Waals surface area contributed by atoms with Crippen LogP contribution in [0.15, 0.2) is 30.3 Å². The molecule has 0 amide bonds. The van der Waals surface area contributed by atoms with E-state index < -0.39 is 6.29 Å². The molecule has 0 bridgehead atoms. The number of aryl methyl sites for hydroxylation is 2. The zero-order chi connectivity index (χ0) is 23.3. The molecule has 0 aliphatic heterocycles. The summed E-state index contributed by atoms with van der Waals surface area (Å²) in [5, 5.41) is 12.7. The van der Waals surface area contributed by atoms with Crippen LogP contribution in [-0.2, 0) is 26.2 Å². The Kier molecular flexibility index (Phi) is 7.82. The largest absolute Gasteiger partial charge is 0.452 e. The van der Waals surface area contributed by atoms with E-state index in [4.69, 9.17) is 14.9 Å². The molecule has 2 aromatic rings. The Morgan fingerprint density at radius 1 is 1.16 bits per heavy atom. The Labute approximate surface area is 185 Å². The smallest absolute Gasteiger partial charge is 0.311 e. The predicted molar refractivity (Wildman–Crippen MR) is 125 cm³/mol. The van der Waals surface area contributed by atoms with Gasteiger partial charge in [0.15, 0.2) is 5.76 Å². The highest BCUT2D eigenvalue weighted by molar-refractivity contribution is 6.16. The van der Waals surface area contributed by atoms with E-state index >= 15 is 0 Å². The van der Waals surface area contributed by atoms with Crippen LogP contribution < -0.4 is 0 Å². The van der Waals surface area contributed by atoms with Crippen molar-refractivity contribution >= 4 is 23.5 Å². The molecule has 1 aromatic heterocycles. The van der Waals surface area contributed by atoms with Crippen molar-refractivity contribution in [3.05, 3.63) is 52.8 Å². The molecular weight excluding hydrogens is 390 g/mol. The van der Waals surface area contributed by atoms with E-state index in [1.165, 1.54) is 11.8 Å². The molecular formula is C25H35N3O3. The molecule has 1 atom stereocenters. The van der Waals surface area contributed by atoms with Gasteiger partial charge in [-0.05, 0) is 36.5 Å². The maximum Gasteiger partial charge on any atom is 0.311 e. The third kappa shape index (κ3) is 6.06. The molecule has 1 aromatic carbocycles. The Morgan fingerprint density at radius 2 is 1.77 bits per heavy atom. The van der Waals surface area contributed by atoms with E-state index in [0.29, 0.717) is 17.9 Å². The summed E-state index contributed by atoms with van der Waals surface area (Å²) in [6, 6.07) is 10.0. The minimum Gasteiger partial charge on any atom is -0.452 e. The van der Waals surface area contributed by atoms with Crippen LogP contribution in [0.4, 0.5) is 0 Å². The molecule has 2 rings (SSSR count). The number of carbonyl (C=O) groups is 1. The highest BCUT2D eigenvalue weighted by atomic mass is 16.7. The lowest BCUT2D eigenvalue weighted by atomic mass is 9.86. The monoisotopic (exact) mass is 425 g/mol. The molecule has 0 radical (unpaired) electrons. The topological polar surface area (TPSA) is 77.2 Å². The molecule has 0 aliphatic carbocycles. The second-order valence-corrected chi connectivity index (χ2v) is 8.98. The highest BCUT2D eigenvalue weighted by Gasteiger charge is 2.22. The Morgan fingerprint density at radius 3 is 2.26 bits per heavy atom. The summed E-state index contributed by atoms with van der Waals surface area (Å²) >= 11 is 0. The van der Waals surface area contributed by atoms with E-state index in [-0.39, 0.29) is 17.3 Å². The molecule has 6 heteroatoms. The van der Waals surface area contributed by atoms with Crippen LogP contribution in [0, 0.1) is 18.3 Å². The summed E-state index contributed by atoms with van der Waals surface area (Å²) in [5.41, 5.74) is 4.27. The van der Waals surface area contributed by atoms with Crippen molar-refractivity contribution in [3.8, 4) is 0 Å².